The number of aryl methyl sites for hydroxylation is 5. The second kappa shape index (κ2) is 11.7. The predicted octanol–water partition coefficient (Wildman–Crippen LogP) is 6.05. The molecule has 0 aliphatic carbocycles. The second-order valence-corrected chi connectivity index (χ2v) is 9.05. The van der Waals surface area contributed by atoms with Gasteiger partial charge in [-0.05, 0) is 74.6 Å². The zero-order chi connectivity index (χ0) is 24.6. The zero-order valence-corrected chi connectivity index (χ0v) is 21.0. The van der Waals surface area contributed by atoms with Crippen LogP contribution in [0.4, 0.5) is 0 Å². The van der Waals surface area contributed by atoms with Crippen LogP contribution in [0.15, 0.2) is 66.7 Å². The maximum Gasteiger partial charge on any atom is 0.251 e. The first kappa shape index (κ1) is 24.5. The van der Waals surface area contributed by atoms with Gasteiger partial charge in [0, 0.05) is 25.1 Å². The largest absolute Gasteiger partial charge is 0.494 e. The van der Waals surface area contributed by atoms with Crippen molar-refractivity contribution in [1.29, 1.82) is 0 Å². The van der Waals surface area contributed by atoms with Gasteiger partial charge in [0.05, 0.1) is 17.6 Å². The van der Waals surface area contributed by atoms with E-state index in [2.05, 4.69) is 47.1 Å². The van der Waals surface area contributed by atoms with Gasteiger partial charge in [0.1, 0.15) is 11.6 Å². The van der Waals surface area contributed by atoms with Gasteiger partial charge in [-0.25, -0.2) is 4.98 Å². The van der Waals surface area contributed by atoms with E-state index in [0.29, 0.717) is 13.2 Å². The number of hydrogen-bond donors (Lipinski definition) is 1. The Labute approximate surface area is 208 Å². The highest BCUT2D eigenvalue weighted by atomic mass is 16.5. The van der Waals surface area contributed by atoms with Gasteiger partial charge in [-0.2, -0.15) is 0 Å². The molecule has 182 valence electrons. The van der Waals surface area contributed by atoms with Crippen LogP contribution in [-0.4, -0.2) is 28.6 Å². The van der Waals surface area contributed by atoms with E-state index in [0.717, 1.165) is 71.5 Å². The first-order valence-corrected chi connectivity index (χ1v) is 12.6. The van der Waals surface area contributed by atoms with Crippen molar-refractivity contribution in [3.8, 4) is 5.75 Å². The van der Waals surface area contributed by atoms with E-state index in [9.17, 15) is 4.79 Å². The van der Waals surface area contributed by atoms with Crippen LogP contribution in [-0.2, 0) is 19.4 Å². The monoisotopic (exact) mass is 469 g/mol. The van der Waals surface area contributed by atoms with Crippen molar-refractivity contribution < 1.29 is 9.53 Å². The average molecular weight is 470 g/mol. The molecule has 0 fully saturated rings. The molecular weight excluding hydrogens is 434 g/mol. The van der Waals surface area contributed by atoms with E-state index in [1.165, 1.54) is 5.56 Å². The summed E-state index contributed by atoms with van der Waals surface area (Å²) in [5.41, 5.74) is 6.39. The maximum absolute atomic E-state index is 12.6. The molecule has 0 saturated heterocycles. The molecule has 0 aliphatic rings. The molecular formula is C30H35N3O2. The number of para-hydroxylation sites is 2. The Morgan fingerprint density at radius 1 is 1.00 bits per heavy atom. The molecule has 0 aliphatic heterocycles. The predicted molar refractivity (Wildman–Crippen MR) is 142 cm³/mol. The van der Waals surface area contributed by atoms with Crippen molar-refractivity contribution in [1.82, 2.24) is 14.9 Å². The van der Waals surface area contributed by atoms with E-state index in [1.807, 2.05) is 50.2 Å². The van der Waals surface area contributed by atoms with Crippen molar-refractivity contribution >= 4 is 16.9 Å². The molecule has 1 heterocycles. The zero-order valence-electron chi connectivity index (χ0n) is 21.0. The average Bonchev–Trinajstić information content (AvgIpc) is 3.22. The minimum Gasteiger partial charge on any atom is -0.494 e. The van der Waals surface area contributed by atoms with Crippen LogP contribution in [0.1, 0.15) is 52.6 Å². The minimum atomic E-state index is -0.0138. The Hall–Kier alpha value is -3.60. The highest BCUT2D eigenvalue weighted by molar-refractivity contribution is 5.95. The summed E-state index contributed by atoms with van der Waals surface area (Å²) in [6.07, 6.45) is 3.57. The number of benzene rings is 3. The van der Waals surface area contributed by atoms with Crippen molar-refractivity contribution in [2.24, 2.45) is 0 Å². The molecule has 0 atom stereocenters. The topological polar surface area (TPSA) is 56.1 Å². The number of nitrogens with one attached hydrogen (secondary N) is 1. The highest BCUT2D eigenvalue weighted by Crippen LogP contribution is 2.19. The third kappa shape index (κ3) is 6.30. The lowest BCUT2D eigenvalue weighted by molar-refractivity contribution is 0.0952. The summed E-state index contributed by atoms with van der Waals surface area (Å²) in [5.74, 6) is 1.96. The fourth-order valence-corrected chi connectivity index (χ4v) is 4.41. The molecule has 0 unspecified atom stereocenters. The summed E-state index contributed by atoms with van der Waals surface area (Å²) in [7, 11) is 0. The van der Waals surface area contributed by atoms with Gasteiger partial charge >= 0.3 is 0 Å². The van der Waals surface area contributed by atoms with Crippen molar-refractivity contribution in [3.05, 3.63) is 94.8 Å². The Kier molecular flexibility index (Phi) is 8.19. The van der Waals surface area contributed by atoms with Crippen molar-refractivity contribution in [2.75, 3.05) is 13.2 Å². The SMILES string of the molecule is CCc1ccc(OCCCn2c(CCCNC(=O)c3ccc(C)cc3C)nc3ccccc32)cc1. The van der Waals surface area contributed by atoms with Gasteiger partial charge in [-0.3, -0.25) is 4.79 Å². The third-order valence-corrected chi connectivity index (χ3v) is 6.35. The maximum atomic E-state index is 12.6. The number of carbonyl (C=O) groups excluding carboxylic acids is 1. The van der Waals surface area contributed by atoms with Crippen LogP contribution in [0.2, 0.25) is 0 Å². The van der Waals surface area contributed by atoms with Gasteiger partial charge in [-0.15, -0.1) is 0 Å². The van der Waals surface area contributed by atoms with E-state index in [1.54, 1.807) is 0 Å². The molecule has 0 bridgehead atoms. The lowest BCUT2D eigenvalue weighted by Gasteiger charge is -2.11. The number of fused-ring (bicyclic) bond motifs is 1. The quantitative estimate of drug-likeness (QED) is 0.272. The Morgan fingerprint density at radius 3 is 2.57 bits per heavy atom. The molecule has 4 rings (SSSR count). The summed E-state index contributed by atoms with van der Waals surface area (Å²) in [5, 5.41) is 3.07. The minimum absolute atomic E-state index is 0.0138. The summed E-state index contributed by atoms with van der Waals surface area (Å²) >= 11 is 0. The number of rotatable bonds is 11. The molecule has 5 heteroatoms. The fourth-order valence-electron chi connectivity index (χ4n) is 4.41. The smallest absolute Gasteiger partial charge is 0.251 e. The standard InChI is InChI=1S/C30H35N3O2/c1-4-24-13-15-25(16-14-24)35-20-8-19-33-28-10-6-5-9-27(28)32-29(33)11-7-18-31-30(34)26-17-12-22(2)21-23(26)3/h5-6,9-10,12-17,21H,4,7-8,11,18-20H2,1-3H3,(H,31,34). The van der Waals surface area contributed by atoms with Crippen LogP contribution in [0, 0.1) is 13.8 Å². The summed E-state index contributed by atoms with van der Waals surface area (Å²) in [4.78, 5) is 17.5. The van der Waals surface area contributed by atoms with E-state index >= 15 is 0 Å². The number of imidazole rings is 1. The third-order valence-electron chi connectivity index (χ3n) is 6.35. The van der Waals surface area contributed by atoms with E-state index in [-0.39, 0.29) is 5.91 Å². The first-order chi connectivity index (χ1) is 17.0. The van der Waals surface area contributed by atoms with E-state index in [4.69, 9.17) is 9.72 Å². The molecule has 0 saturated carbocycles. The van der Waals surface area contributed by atoms with Crippen LogP contribution < -0.4 is 10.1 Å². The van der Waals surface area contributed by atoms with Crippen molar-refractivity contribution in [2.45, 2.75) is 53.0 Å². The molecule has 0 spiro atoms. The summed E-state index contributed by atoms with van der Waals surface area (Å²) < 4.78 is 8.25. The molecule has 1 N–H and O–H groups in total. The first-order valence-electron chi connectivity index (χ1n) is 12.6. The van der Waals surface area contributed by atoms with Crippen LogP contribution in [0.5, 0.6) is 5.75 Å². The Morgan fingerprint density at radius 2 is 1.80 bits per heavy atom. The summed E-state index contributed by atoms with van der Waals surface area (Å²) in [6, 6.07) is 22.5. The Bertz CT molecular complexity index is 1270. The molecule has 35 heavy (non-hydrogen) atoms. The molecule has 4 aromatic rings. The van der Waals surface area contributed by atoms with Crippen molar-refractivity contribution in [3.63, 3.8) is 0 Å². The Balaban J connectivity index is 1.32. The number of hydrogen-bond acceptors (Lipinski definition) is 3. The number of carbonyl (C=O) groups is 1. The molecule has 1 amide bonds. The van der Waals surface area contributed by atoms with Gasteiger partial charge in [0.25, 0.3) is 5.91 Å². The fraction of sp³-hybridized carbons (Fsp3) is 0.333. The molecule has 0 radical (unpaired) electrons. The lowest BCUT2D eigenvalue weighted by Crippen LogP contribution is -2.25. The molecule has 5 nitrogen and oxygen atoms in total. The molecule has 3 aromatic carbocycles. The lowest BCUT2D eigenvalue weighted by atomic mass is 10.1. The number of amides is 1. The van der Waals surface area contributed by atoms with Gasteiger partial charge in [0.15, 0.2) is 0 Å². The second-order valence-electron chi connectivity index (χ2n) is 9.05. The van der Waals surface area contributed by atoms with Crippen LogP contribution >= 0.6 is 0 Å². The van der Waals surface area contributed by atoms with Crippen LogP contribution in [0.25, 0.3) is 11.0 Å². The number of ether oxygens (including phenoxy) is 1. The van der Waals surface area contributed by atoms with Gasteiger partial charge in [0.2, 0.25) is 0 Å². The highest BCUT2D eigenvalue weighted by Gasteiger charge is 2.12. The normalized spacial score (nSPS) is 11.1. The van der Waals surface area contributed by atoms with E-state index < -0.39 is 0 Å². The number of aromatic nitrogens is 2. The van der Waals surface area contributed by atoms with Gasteiger partial charge in [-0.1, -0.05) is 48.9 Å². The molecule has 1 aromatic heterocycles. The van der Waals surface area contributed by atoms with Crippen LogP contribution in [0.3, 0.4) is 0 Å². The summed E-state index contributed by atoms with van der Waals surface area (Å²) in [6.45, 7) is 8.29. The van der Waals surface area contributed by atoms with Gasteiger partial charge < -0.3 is 14.6 Å². The number of nitrogens with zero attached hydrogens (tertiary/aromatic N) is 2.